The Kier molecular flexibility index (Phi) is 5.21. The van der Waals surface area contributed by atoms with Crippen molar-refractivity contribution in [3.8, 4) is 0 Å². The zero-order valence-electron chi connectivity index (χ0n) is 12.4. The maximum atomic E-state index is 6.31. The first-order valence-electron chi connectivity index (χ1n) is 7.16. The highest BCUT2D eigenvalue weighted by atomic mass is 35.5. The summed E-state index contributed by atoms with van der Waals surface area (Å²) in [6.45, 7) is 5.16. The fourth-order valence-electron chi connectivity index (χ4n) is 2.46. The molecule has 0 aliphatic rings. The lowest BCUT2D eigenvalue weighted by molar-refractivity contribution is 0.540. The smallest absolute Gasteiger partial charge is 0.0624 e. The molecular formula is C16H22ClN3. The van der Waals surface area contributed by atoms with Gasteiger partial charge in [0.2, 0.25) is 0 Å². The number of benzene rings is 1. The third-order valence-electron chi connectivity index (χ3n) is 3.62. The quantitative estimate of drug-likeness (QED) is 0.881. The van der Waals surface area contributed by atoms with Crippen LogP contribution < -0.4 is 5.32 Å². The number of hydrogen-bond donors (Lipinski definition) is 1. The Morgan fingerprint density at radius 1 is 1.30 bits per heavy atom. The van der Waals surface area contributed by atoms with Crippen LogP contribution in [-0.2, 0) is 19.4 Å². The summed E-state index contributed by atoms with van der Waals surface area (Å²) in [5, 5.41) is 8.78. The van der Waals surface area contributed by atoms with Crippen LogP contribution in [0.1, 0.15) is 36.8 Å². The molecule has 3 nitrogen and oxygen atoms in total. The molecule has 1 atom stereocenters. The van der Waals surface area contributed by atoms with Gasteiger partial charge in [0, 0.05) is 29.7 Å². The minimum Gasteiger partial charge on any atom is -0.313 e. The molecule has 1 unspecified atom stereocenters. The average Bonchev–Trinajstić information content (AvgIpc) is 2.88. The molecule has 0 radical (unpaired) electrons. The lowest BCUT2D eigenvalue weighted by atomic mass is 10.0. The van der Waals surface area contributed by atoms with Crippen LogP contribution in [0.3, 0.4) is 0 Å². The van der Waals surface area contributed by atoms with Gasteiger partial charge in [-0.3, -0.25) is 4.68 Å². The summed E-state index contributed by atoms with van der Waals surface area (Å²) in [6.07, 6.45) is 1.86. The Balaban J connectivity index is 2.26. The van der Waals surface area contributed by atoms with Crippen LogP contribution in [0.2, 0.25) is 5.02 Å². The van der Waals surface area contributed by atoms with Crippen LogP contribution in [-0.4, -0.2) is 16.8 Å². The monoisotopic (exact) mass is 291 g/mol. The van der Waals surface area contributed by atoms with Crippen molar-refractivity contribution in [3.63, 3.8) is 0 Å². The van der Waals surface area contributed by atoms with Crippen molar-refractivity contribution in [2.45, 2.75) is 39.3 Å². The second-order valence-corrected chi connectivity index (χ2v) is 5.27. The van der Waals surface area contributed by atoms with Gasteiger partial charge in [0.1, 0.15) is 0 Å². The molecule has 2 aromatic rings. The molecule has 0 spiro atoms. The first kappa shape index (κ1) is 15.1. The maximum Gasteiger partial charge on any atom is 0.0624 e. The van der Waals surface area contributed by atoms with Crippen LogP contribution in [0.15, 0.2) is 30.3 Å². The number of rotatable bonds is 6. The van der Waals surface area contributed by atoms with Crippen molar-refractivity contribution in [2.75, 3.05) is 7.05 Å². The lowest BCUT2D eigenvalue weighted by Crippen LogP contribution is -2.20. The topological polar surface area (TPSA) is 29.9 Å². The Bertz CT molecular complexity index is 563. The Morgan fingerprint density at radius 2 is 2.05 bits per heavy atom. The maximum absolute atomic E-state index is 6.31. The average molecular weight is 292 g/mol. The SMILES string of the molecule is CCc1cc(CC(NC)c2ccccc2Cl)n(CC)n1. The number of hydrogen-bond acceptors (Lipinski definition) is 2. The standard InChI is InChI=1S/C16H22ClN3/c1-4-12-10-13(20(5-2)19-12)11-16(18-3)14-8-6-7-9-15(14)17/h6-10,16,18H,4-5,11H2,1-3H3. The summed E-state index contributed by atoms with van der Waals surface area (Å²) in [5.74, 6) is 0. The Morgan fingerprint density at radius 3 is 2.65 bits per heavy atom. The highest BCUT2D eigenvalue weighted by Crippen LogP contribution is 2.25. The lowest BCUT2D eigenvalue weighted by Gasteiger charge is -2.18. The summed E-state index contributed by atoms with van der Waals surface area (Å²) < 4.78 is 2.08. The number of likely N-dealkylation sites (N-methyl/N-ethyl adjacent to an activating group) is 1. The zero-order chi connectivity index (χ0) is 14.5. The van der Waals surface area contributed by atoms with E-state index < -0.39 is 0 Å². The summed E-state index contributed by atoms with van der Waals surface area (Å²) >= 11 is 6.31. The van der Waals surface area contributed by atoms with Crippen LogP contribution in [0, 0.1) is 0 Å². The number of aryl methyl sites for hydroxylation is 2. The molecule has 108 valence electrons. The third-order valence-corrected chi connectivity index (χ3v) is 3.96. The van der Waals surface area contributed by atoms with E-state index in [-0.39, 0.29) is 6.04 Å². The van der Waals surface area contributed by atoms with Crippen LogP contribution >= 0.6 is 11.6 Å². The van der Waals surface area contributed by atoms with Gasteiger partial charge in [0.25, 0.3) is 0 Å². The molecule has 0 bridgehead atoms. The second-order valence-electron chi connectivity index (χ2n) is 4.86. The molecule has 1 N–H and O–H groups in total. The van der Waals surface area contributed by atoms with E-state index in [0.717, 1.165) is 35.7 Å². The van der Waals surface area contributed by atoms with Crippen molar-refractivity contribution >= 4 is 11.6 Å². The molecule has 1 heterocycles. The summed E-state index contributed by atoms with van der Waals surface area (Å²) in [6, 6.07) is 10.4. The molecule has 20 heavy (non-hydrogen) atoms. The molecular weight excluding hydrogens is 270 g/mol. The van der Waals surface area contributed by atoms with Gasteiger partial charge in [-0.2, -0.15) is 5.10 Å². The molecule has 1 aromatic carbocycles. The Hall–Kier alpha value is -1.32. The third kappa shape index (κ3) is 3.22. The largest absolute Gasteiger partial charge is 0.313 e. The first-order valence-corrected chi connectivity index (χ1v) is 7.54. The second kappa shape index (κ2) is 6.91. The Labute approximate surface area is 126 Å². The normalized spacial score (nSPS) is 12.6. The molecule has 4 heteroatoms. The molecule has 0 fully saturated rings. The molecule has 1 aromatic heterocycles. The predicted molar refractivity (Wildman–Crippen MR) is 84.2 cm³/mol. The van der Waals surface area contributed by atoms with Gasteiger partial charge in [-0.25, -0.2) is 0 Å². The van der Waals surface area contributed by atoms with Crippen molar-refractivity contribution in [2.24, 2.45) is 0 Å². The van der Waals surface area contributed by atoms with Gasteiger partial charge in [-0.05, 0) is 38.1 Å². The van der Waals surface area contributed by atoms with Crippen LogP contribution in [0.4, 0.5) is 0 Å². The van der Waals surface area contributed by atoms with Gasteiger partial charge in [0.15, 0.2) is 0 Å². The van der Waals surface area contributed by atoms with E-state index in [1.54, 1.807) is 0 Å². The molecule has 0 aliphatic carbocycles. The van der Waals surface area contributed by atoms with E-state index in [0.29, 0.717) is 0 Å². The van der Waals surface area contributed by atoms with Gasteiger partial charge in [0.05, 0.1) is 5.69 Å². The number of halogens is 1. The van der Waals surface area contributed by atoms with E-state index >= 15 is 0 Å². The molecule has 0 amide bonds. The fraction of sp³-hybridized carbons (Fsp3) is 0.438. The number of aromatic nitrogens is 2. The van der Waals surface area contributed by atoms with Crippen LogP contribution in [0.5, 0.6) is 0 Å². The summed E-state index contributed by atoms with van der Waals surface area (Å²) in [5.41, 5.74) is 3.54. The van der Waals surface area contributed by atoms with Gasteiger partial charge in [-0.1, -0.05) is 36.7 Å². The van der Waals surface area contributed by atoms with E-state index in [9.17, 15) is 0 Å². The molecule has 0 saturated heterocycles. The van der Waals surface area contributed by atoms with E-state index in [4.69, 9.17) is 11.6 Å². The minimum absolute atomic E-state index is 0.204. The van der Waals surface area contributed by atoms with Crippen molar-refractivity contribution < 1.29 is 0 Å². The number of nitrogens with zero attached hydrogens (tertiary/aromatic N) is 2. The van der Waals surface area contributed by atoms with E-state index in [1.807, 2.05) is 25.2 Å². The predicted octanol–water partition coefficient (Wildman–Crippen LogP) is 3.62. The van der Waals surface area contributed by atoms with Crippen molar-refractivity contribution in [1.82, 2.24) is 15.1 Å². The van der Waals surface area contributed by atoms with Crippen molar-refractivity contribution in [3.05, 3.63) is 52.3 Å². The molecule has 0 aliphatic heterocycles. The first-order chi connectivity index (χ1) is 9.69. The van der Waals surface area contributed by atoms with Gasteiger partial charge >= 0.3 is 0 Å². The van der Waals surface area contributed by atoms with Gasteiger partial charge < -0.3 is 5.32 Å². The highest BCUT2D eigenvalue weighted by Gasteiger charge is 2.16. The fourth-order valence-corrected chi connectivity index (χ4v) is 2.73. The molecule has 0 saturated carbocycles. The minimum atomic E-state index is 0.204. The van der Waals surface area contributed by atoms with E-state index in [1.165, 1.54) is 5.69 Å². The highest BCUT2D eigenvalue weighted by molar-refractivity contribution is 6.31. The number of nitrogens with one attached hydrogen (secondary N) is 1. The zero-order valence-corrected chi connectivity index (χ0v) is 13.1. The summed E-state index contributed by atoms with van der Waals surface area (Å²) in [4.78, 5) is 0. The van der Waals surface area contributed by atoms with Gasteiger partial charge in [-0.15, -0.1) is 0 Å². The molecule has 2 rings (SSSR count). The van der Waals surface area contributed by atoms with E-state index in [2.05, 4.69) is 41.1 Å². The summed E-state index contributed by atoms with van der Waals surface area (Å²) in [7, 11) is 1.97. The van der Waals surface area contributed by atoms with Crippen molar-refractivity contribution in [1.29, 1.82) is 0 Å². The van der Waals surface area contributed by atoms with Crippen LogP contribution in [0.25, 0.3) is 0 Å².